The largest absolute Gasteiger partial charge is 0.478 e. The van der Waals surface area contributed by atoms with Crippen LogP contribution >= 0.6 is 0 Å². The minimum absolute atomic E-state index is 0.0249. The number of amides is 1. The second-order valence-electron chi connectivity index (χ2n) is 7.38. The summed E-state index contributed by atoms with van der Waals surface area (Å²) in [5.74, 6) is 0.592. The van der Waals surface area contributed by atoms with Gasteiger partial charge in [0.1, 0.15) is 5.75 Å². The molecular formula is C21H26N2O4. The van der Waals surface area contributed by atoms with Gasteiger partial charge in [0.15, 0.2) is 5.60 Å². The maximum Gasteiger partial charge on any atom is 0.269 e. The van der Waals surface area contributed by atoms with Crippen LogP contribution in [-0.2, 0) is 4.79 Å². The number of carbonyl (C=O) groups excluding carboxylic acids is 1. The van der Waals surface area contributed by atoms with Gasteiger partial charge in [0, 0.05) is 12.1 Å². The van der Waals surface area contributed by atoms with Crippen molar-refractivity contribution in [3.63, 3.8) is 0 Å². The first-order valence-electron chi connectivity index (χ1n) is 8.94. The molecular weight excluding hydrogens is 344 g/mol. The van der Waals surface area contributed by atoms with E-state index in [4.69, 9.17) is 4.74 Å². The standard InChI is InChI=1S/C21H26N2O4/c1-14(2)16-6-8-17(9-7-16)15(3)22-20(24)21(4,5)27-19-12-10-18(11-13-19)23(25)26/h6-15H,1-5H3,(H,22,24)/t15-/m1/s1. The Hall–Kier alpha value is -2.89. The Bertz CT molecular complexity index is 796. The average molecular weight is 370 g/mol. The number of ether oxygens (including phenoxy) is 1. The van der Waals surface area contributed by atoms with Crippen LogP contribution < -0.4 is 10.1 Å². The normalized spacial score (nSPS) is 12.5. The summed E-state index contributed by atoms with van der Waals surface area (Å²) in [5.41, 5.74) is 1.11. The van der Waals surface area contributed by atoms with Gasteiger partial charge in [-0.2, -0.15) is 0 Å². The third-order valence-electron chi connectivity index (χ3n) is 4.42. The Morgan fingerprint density at radius 3 is 2.00 bits per heavy atom. The number of rotatable bonds is 7. The van der Waals surface area contributed by atoms with Gasteiger partial charge >= 0.3 is 0 Å². The molecule has 27 heavy (non-hydrogen) atoms. The van der Waals surface area contributed by atoms with E-state index in [2.05, 4.69) is 31.3 Å². The lowest BCUT2D eigenvalue weighted by Gasteiger charge is -2.27. The van der Waals surface area contributed by atoms with Crippen LogP contribution in [0.5, 0.6) is 5.75 Å². The van der Waals surface area contributed by atoms with Crippen molar-refractivity contribution in [3.8, 4) is 5.75 Å². The van der Waals surface area contributed by atoms with Gasteiger partial charge in [0.05, 0.1) is 11.0 Å². The topological polar surface area (TPSA) is 81.5 Å². The Kier molecular flexibility index (Phi) is 6.20. The molecule has 1 amide bonds. The fraction of sp³-hybridized carbons (Fsp3) is 0.381. The summed E-state index contributed by atoms with van der Waals surface area (Å²) in [7, 11) is 0. The Labute approximate surface area is 159 Å². The number of hydrogen-bond acceptors (Lipinski definition) is 4. The maximum absolute atomic E-state index is 12.7. The summed E-state index contributed by atoms with van der Waals surface area (Å²) in [6.45, 7) is 9.53. The summed E-state index contributed by atoms with van der Waals surface area (Å²) in [5, 5.41) is 13.7. The Morgan fingerprint density at radius 1 is 1.00 bits per heavy atom. The van der Waals surface area contributed by atoms with Gasteiger partial charge < -0.3 is 10.1 Å². The fourth-order valence-corrected chi connectivity index (χ4v) is 2.60. The highest BCUT2D eigenvalue weighted by molar-refractivity contribution is 5.85. The van der Waals surface area contributed by atoms with Crippen molar-refractivity contribution in [2.24, 2.45) is 0 Å². The Morgan fingerprint density at radius 2 is 1.52 bits per heavy atom. The molecule has 0 aliphatic heterocycles. The third-order valence-corrected chi connectivity index (χ3v) is 4.42. The van der Waals surface area contributed by atoms with Crippen molar-refractivity contribution in [3.05, 3.63) is 69.8 Å². The zero-order chi connectivity index (χ0) is 20.2. The van der Waals surface area contributed by atoms with Crippen LogP contribution in [0.15, 0.2) is 48.5 Å². The predicted molar refractivity (Wildman–Crippen MR) is 105 cm³/mol. The predicted octanol–water partition coefficient (Wildman–Crippen LogP) is 4.75. The molecule has 6 heteroatoms. The summed E-state index contributed by atoms with van der Waals surface area (Å²) < 4.78 is 5.75. The molecule has 0 bridgehead atoms. The first-order valence-corrected chi connectivity index (χ1v) is 8.94. The van der Waals surface area contributed by atoms with E-state index in [0.717, 1.165) is 5.56 Å². The van der Waals surface area contributed by atoms with Crippen molar-refractivity contribution < 1.29 is 14.5 Å². The molecule has 0 unspecified atom stereocenters. The van der Waals surface area contributed by atoms with E-state index in [1.54, 1.807) is 13.8 Å². The average Bonchev–Trinajstić information content (AvgIpc) is 2.61. The SMILES string of the molecule is CC(C)c1ccc([C@@H](C)NC(=O)C(C)(C)Oc2ccc([N+](=O)[O-])cc2)cc1. The number of hydrogen-bond donors (Lipinski definition) is 1. The number of nitrogens with zero attached hydrogens (tertiary/aromatic N) is 1. The van der Waals surface area contributed by atoms with Crippen molar-refractivity contribution >= 4 is 11.6 Å². The summed E-state index contributed by atoms with van der Waals surface area (Å²) in [4.78, 5) is 22.9. The molecule has 144 valence electrons. The van der Waals surface area contributed by atoms with Crippen LogP contribution in [0.2, 0.25) is 0 Å². The molecule has 0 aromatic heterocycles. The van der Waals surface area contributed by atoms with E-state index in [-0.39, 0.29) is 17.6 Å². The molecule has 0 saturated carbocycles. The molecule has 1 N–H and O–H groups in total. The minimum atomic E-state index is -1.12. The zero-order valence-corrected chi connectivity index (χ0v) is 16.4. The highest BCUT2D eigenvalue weighted by atomic mass is 16.6. The van der Waals surface area contributed by atoms with E-state index < -0.39 is 10.5 Å². The van der Waals surface area contributed by atoms with E-state index in [1.165, 1.54) is 29.8 Å². The van der Waals surface area contributed by atoms with E-state index in [1.807, 2.05) is 19.1 Å². The van der Waals surface area contributed by atoms with Gasteiger partial charge in [-0.15, -0.1) is 0 Å². The summed E-state index contributed by atoms with van der Waals surface area (Å²) >= 11 is 0. The van der Waals surface area contributed by atoms with Crippen LogP contribution in [0.25, 0.3) is 0 Å². The first kappa shape index (κ1) is 20.4. The van der Waals surface area contributed by atoms with Crippen LogP contribution in [0.1, 0.15) is 57.7 Å². The van der Waals surface area contributed by atoms with Crippen LogP contribution in [0, 0.1) is 10.1 Å². The zero-order valence-electron chi connectivity index (χ0n) is 16.4. The molecule has 0 fully saturated rings. The van der Waals surface area contributed by atoms with Gasteiger partial charge in [-0.25, -0.2) is 0 Å². The van der Waals surface area contributed by atoms with E-state index in [0.29, 0.717) is 11.7 Å². The quantitative estimate of drug-likeness (QED) is 0.563. The molecule has 6 nitrogen and oxygen atoms in total. The highest BCUT2D eigenvalue weighted by Gasteiger charge is 2.31. The number of carbonyl (C=O) groups is 1. The first-order chi connectivity index (χ1) is 12.6. The van der Waals surface area contributed by atoms with Crippen molar-refractivity contribution in [2.75, 3.05) is 0 Å². The molecule has 0 aliphatic rings. The molecule has 1 atom stereocenters. The number of nitro groups is 1. The number of non-ortho nitro benzene ring substituents is 1. The van der Waals surface area contributed by atoms with Gasteiger partial charge in [-0.3, -0.25) is 14.9 Å². The van der Waals surface area contributed by atoms with Gasteiger partial charge in [0.2, 0.25) is 0 Å². The molecule has 0 spiro atoms. The van der Waals surface area contributed by atoms with Gasteiger partial charge in [0.25, 0.3) is 11.6 Å². The number of nitro benzene ring substituents is 1. The maximum atomic E-state index is 12.7. The minimum Gasteiger partial charge on any atom is -0.478 e. The summed E-state index contributed by atoms with van der Waals surface area (Å²) in [6.07, 6.45) is 0. The van der Waals surface area contributed by atoms with Crippen molar-refractivity contribution in [1.82, 2.24) is 5.32 Å². The van der Waals surface area contributed by atoms with Crippen LogP contribution in [0.3, 0.4) is 0 Å². The van der Waals surface area contributed by atoms with Crippen LogP contribution in [0.4, 0.5) is 5.69 Å². The molecule has 0 saturated heterocycles. The molecule has 2 rings (SSSR count). The van der Waals surface area contributed by atoms with E-state index in [9.17, 15) is 14.9 Å². The molecule has 0 heterocycles. The highest BCUT2D eigenvalue weighted by Crippen LogP contribution is 2.23. The van der Waals surface area contributed by atoms with Gasteiger partial charge in [-0.05, 0) is 49.9 Å². The lowest BCUT2D eigenvalue weighted by Crippen LogP contribution is -2.47. The van der Waals surface area contributed by atoms with Crippen LogP contribution in [-0.4, -0.2) is 16.4 Å². The lowest BCUT2D eigenvalue weighted by molar-refractivity contribution is -0.384. The Balaban J connectivity index is 2.02. The fourth-order valence-electron chi connectivity index (χ4n) is 2.60. The lowest BCUT2D eigenvalue weighted by atomic mass is 9.99. The summed E-state index contributed by atoms with van der Waals surface area (Å²) in [6, 6.07) is 13.7. The second kappa shape index (κ2) is 8.20. The smallest absolute Gasteiger partial charge is 0.269 e. The van der Waals surface area contributed by atoms with E-state index >= 15 is 0 Å². The van der Waals surface area contributed by atoms with Gasteiger partial charge in [-0.1, -0.05) is 38.1 Å². The molecule has 0 aliphatic carbocycles. The molecule has 2 aromatic rings. The van der Waals surface area contributed by atoms with Crippen molar-refractivity contribution in [2.45, 2.75) is 52.2 Å². The molecule has 2 aromatic carbocycles. The number of benzene rings is 2. The second-order valence-corrected chi connectivity index (χ2v) is 7.38. The third kappa shape index (κ3) is 5.29. The molecule has 0 radical (unpaired) electrons. The number of nitrogens with one attached hydrogen (secondary N) is 1. The van der Waals surface area contributed by atoms with Crippen molar-refractivity contribution in [1.29, 1.82) is 0 Å². The monoisotopic (exact) mass is 370 g/mol.